The molecule has 0 aliphatic carbocycles. The van der Waals surface area contributed by atoms with Gasteiger partial charge in [0.2, 0.25) is 0 Å². The molecule has 6 heteroatoms. The molecule has 2 rings (SSSR count). The van der Waals surface area contributed by atoms with Crippen LogP contribution in [0.5, 0.6) is 0 Å². The molecule has 2 aromatic rings. The van der Waals surface area contributed by atoms with E-state index in [0.29, 0.717) is 11.1 Å². The smallest absolute Gasteiger partial charge is 0.305 e. The van der Waals surface area contributed by atoms with Crippen molar-refractivity contribution in [2.45, 2.75) is 83.5 Å². The van der Waals surface area contributed by atoms with E-state index < -0.39 is 0 Å². The summed E-state index contributed by atoms with van der Waals surface area (Å²) in [6.07, 6.45) is 11.0. The molecule has 6 nitrogen and oxygen atoms in total. The molecular weight excluding hydrogens is 468 g/mol. The molecule has 0 heterocycles. The second kappa shape index (κ2) is 17.2. The largest absolute Gasteiger partial charge is 0.469 e. The molecule has 0 bridgehead atoms. The Morgan fingerprint density at radius 1 is 0.486 bits per heavy atom. The number of hydrogen-bond acceptors (Lipinski definition) is 6. The molecule has 0 fully saturated rings. The highest BCUT2D eigenvalue weighted by Crippen LogP contribution is 2.15. The van der Waals surface area contributed by atoms with Crippen molar-refractivity contribution >= 4 is 23.5 Å². The number of ketones is 2. The maximum atomic E-state index is 12.1. The third-order valence-electron chi connectivity index (χ3n) is 6.55. The zero-order chi connectivity index (χ0) is 26.9. The first kappa shape index (κ1) is 29.9. The zero-order valence-corrected chi connectivity index (χ0v) is 22.3. The summed E-state index contributed by atoms with van der Waals surface area (Å²) < 4.78 is 9.16. The van der Waals surface area contributed by atoms with E-state index in [1.54, 1.807) is 0 Å². The van der Waals surface area contributed by atoms with Crippen LogP contribution in [0.3, 0.4) is 0 Å². The van der Waals surface area contributed by atoms with Gasteiger partial charge in [-0.3, -0.25) is 19.2 Å². The van der Waals surface area contributed by atoms with Crippen molar-refractivity contribution in [2.24, 2.45) is 0 Å². The molecule has 200 valence electrons. The average Bonchev–Trinajstić information content (AvgIpc) is 2.93. The number of methoxy groups -OCH3 is 2. The lowest BCUT2D eigenvalue weighted by Crippen LogP contribution is -2.06. The van der Waals surface area contributed by atoms with E-state index in [4.69, 9.17) is 0 Å². The number of aryl methyl sites for hydroxylation is 2. The van der Waals surface area contributed by atoms with Crippen molar-refractivity contribution in [1.82, 2.24) is 0 Å². The fourth-order valence-electron chi connectivity index (χ4n) is 4.18. The van der Waals surface area contributed by atoms with Gasteiger partial charge in [-0.05, 0) is 36.8 Å². The molecule has 0 atom stereocenters. The van der Waals surface area contributed by atoms with Gasteiger partial charge in [-0.15, -0.1) is 0 Å². The first-order chi connectivity index (χ1) is 17.9. The summed E-state index contributed by atoms with van der Waals surface area (Å²) in [5, 5.41) is 0. The molecule has 0 N–H and O–H groups in total. The fraction of sp³-hybridized carbons (Fsp3) is 0.484. The molecule has 0 aliphatic heterocycles. The lowest BCUT2D eigenvalue weighted by Gasteiger charge is -2.06. The number of rotatable bonds is 18. The summed E-state index contributed by atoms with van der Waals surface area (Å²) in [7, 11) is 2.66. The maximum Gasteiger partial charge on any atom is 0.305 e. The molecule has 2 aromatic carbocycles. The Balaban J connectivity index is 1.52. The molecule has 0 amide bonds. The molecule has 0 aliphatic rings. The number of Topliss-reactive ketones (excluding diaryl/α,β-unsaturated/α-hetero) is 2. The first-order valence-corrected chi connectivity index (χ1v) is 13.3. The fourth-order valence-corrected chi connectivity index (χ4v) is 4.18. The van der Waals surface area contributed by atoms with E-state index >= 15 is 0 Å². The van der Waals surface area contributed by atoms with E-state index in [1.807, 2.05) is 48.5 Å². The van der Waals surface area contributed by atoms with Crippen LogP contribution in [0.15, 0.2) is 48.5 Å². The van der Waals surface area contributed by atoms with Gasteiger partial charge in [0.25, 0.3) is 0 Å². The predicted molar refractivity (Wildman–Crippen MR) is 144 cm³/mol. The minimum atomic E-state index is -0.361. The van der Waals surface area contributed by atoms with Crippen LogP contribution in [0.1, 0.15) is 102 Å². The van der Waals surface area contributed by atoms with Crippen molar-refractivity contribution in [3.8, 4) is 0 Å². The van der Waals surface area contributed by atoms with Crippen molar-refractivity contribution < 1.29 is 28.7 Å². The van der Waals surface area contributed by atoms with E-state index in [9.17, 15) is 19.2 Å². The van der Waals surface area contributed by atoms with E-state index in [1.165, 1.54) is 57.5 Å². The lowest BCUT2D eigenvalue weighted by molar-refractivity contribution is -0.141. The number of benzene rings is 2. The summed E-state index contributed by atoms with van der Waals surface area (Å²) in [5.74, 6) is -0.785. The van der Waals surface area contributed by atoms with Crippen molar-refractivity contribution in [1.29, 1.82) is 0 Å². The SMILES string of the molecule is COC(=O)CCC(=O)c1ccc(CCCCCCCCCc2ccc(C(=O)CCC(=O)OC)cc2)cc1. The van der Waals surface area contributed by atoms with Crippen molar-refractivity contribution in [2.75, 3.05) is 14.2 Å². The van der Waals surface area contributed by atoms with Crippen LogP contribution < -0.4 is 0 Å². The second-order valence-electron chi connectivity index (χ2n) is 9.37. The van der Waals surface area contributed by atoms with Crippen LogP contribution in [-0.2, 0) is 31.9 Å². The highest BCUT2D eigenvalue weighted by atomic mass is 16.5. The lowest BCUT2D eigenvalue weighted by atomic mass is 10.00. The molecule has 0 unspecified atom stereocenters. The Hall–Kier alpha value is -3.28. The maximum absolute atomic E-state index is 12.1. The van der Waals surface area contributed by atoms with Crippen LogP contribution in [-0.4, -0.2) is 37.7 Å². The van der Waals surface area contributed by atoms with E-state index in [2.05, 4.69) is 9.47 Å². The number of ether oxygens (including phenoxy) is 2. The Bertz CT molecular complexity index is 910. The van der Waals surface area contributed by atoms with Gasteiger partial charge in [0.1, 0.15) is 0 Å². The molecule has 0 saturated carbocycles. The third-order valence-corrected chi connectivity index (χ3v) is 6.55. The van der Waals surface area contributed by atoms with Crippen LogP contribution >= 0.6 is 0 Å². The Morgan fingerprint density at radius 3 is 1.14 bits per heavy atom. The monoisotopic (exact) mass is 508 g/mol. The minimum absolute atomic E-state index is 0.0310. The summed E-state index contributed by atoms with van der Waals surface area (Å²) in [4.78, 5) is 46.6. The number of esters is 2. The summed E-state index contributed by atoms with van der Waals surface area (Å²) in [6.45, 7) is 0. The Labute approximate surface area is 220 Å². The molecule has 37 heavy (non-hydrogen) atoms. The number of carbonyl (C=O) groups excluding carboxylic acids is 4. The summed E-state index contributed by atoms with van der Waals surface area (Å²) in [5.41, 5.74) is 3.77. The van der Waals surface area contributed by atoms with Gasteiger partial charge >= 0.3 is 11.9 Å². The van der Waals surface area contributed by atoms with E-state index in [0.717, 1.165) is 25.7 Å². The van der Waals surface area contributed by atoms with Crippen LogP contribution in [0.25, 0.3) is 0 Å². The number of hydrogen-bond donors (Lipinski definition) is 0. The summed E-state index contributed by atoms with van der Waals surface area (Å²) in [6, 6.07) is 15.5. The second-order valence-corrected chi connectivity index (χ2v) is 9.37. The van der Waals surface area contributed by atoms with E-state index in [-0.39, 0.29) is 49.2 Å². The minimum Gasteiger partial charge on any atom is -0.469 e. The number of carbonyl (C=O) groups is 4. The molecular formula is C31H40O6. The normalized spacial score (nSPS) is 10.6. The van der Waals surface area contributed by atoms with Gasteiger partial charge in [-0.1, -0.05) is 80.6 Å². The van der Waals surface area contributed by atoms with Gasteiger partial charge in [-0.2, -0.15) is 0 Å². The average molecular weight is 509 g/mol. The Morgan fingerprint density at radius 2 is 0.811 bits per heavy atom. The van der Waals surface area contributed by atoms with Crippen molar-refractivity contribution in [3.05, 3.63) is 70.8 Å². The summed E-state index contributed by atoms with van der Waals surface area (Å²) >= 11 is 0. The molecule has 0 spiro atoms. The van der Waals surface area contributed by atoms with Gasteiger partial charge in [-0.25, -0.2) is 0 Å². The topological polar surface area (TPSA) is 86.7 Å². The highest BCUT2D eigenvalue weighted by molar-refractivity contribution is 5.98. The number of unbranched alkanes of at least 4 members (excludes halogenated alkanes) is 6. The zero-order valence-electron chi connectivity index (χ0n) is 22.3. The van der Waals surface area contributed by atoms with Gasteiger partial charge in [0, 0.05) is 24.0 Å². The molecule has 0 radical (unpaired) electrons. The van der Waals surface area contributed by atoms with Gasteiger partial charge in [0.05, 0.1) is 27.1 Å². The highest BCUT2D eigenvalue weighted by Gasteiger charge is 2.10. The molecule has 0 aromatic heterocycles. The van der Waals surface area contributed by atoms with Gasteiger partial charge in [0.15, 0.2) is 11.6 Å². The van der Waals surface area contributed by atoms with Crippen LogP contribution in [0.2, 0.25) is 0 Å². The predicted octanol–water partition coefficient (Wildman–Crippen LogP) is 6.47. The van der Waals surface area contributed by atoms with Crippen molar-refractivity contribution in [3.63, 3.8) is 0 Å². The first-order valence-electron chi connectivity index (χ1n) is 13.3. The molecule has 0 saturated heterocycles. The van der Waals surface area contributed by atoms with Crippen LogP contribution in [0.4, 0.5) is 0 Å². The van der Waals surface area contributed by atoms with Gasteiger partial charge < -0.3 is 9.47 Å². The standard InChI is InChI=1S/C31H40O6/c1-36-30(34)22-20-28(32)26-16-12-24(13-17-26)10-8-6-4-3-5-7-9-11-25-14-18-27(19-15-25)29(33)21-23-31(35)37-2/h12-19H,3-11,20-23H2,1-2H3. The Kier molecular flexibility index (Phi) is 13.9. The van der Waals surface area contributed by atoms with Crippen LogP contribution in [0, 0.1) is 0 Å². The third kappa shape index (κ3) is 12.0. The quantitative estimate of drug-likeness (QED) is 0.130.